The lowest BCUT2D eigenvalue weighted by Gasteiger charge is -2.00. The molecule has 0 aromatic carbocycles. The highest BCUT2D eigenvalue weighted by atomic mass is 16.5. The molecule has 82 valence electrons. The van der Waals surface area contributed by atoms with Crippen LogP contribution in [0.25, 0.3) is 5.52 Å². The summed E-state index contributed by atoms with van der Waals surface area (Å²) in [7, 11) is 1.26. The van der Waals surface area contributed by atoms with E-state index in [-0.39, 0.29) is 11.3 Å². The average molecular weight is 220 g/mol. The molecule has 0 spiro atoms. The number of hydrogen-bond acceptors (Lipinski definition) is 4. The number of rotatable bonds is 2. The van der Waals surface area contributed by atoms with Gasteiger partial charge in [-0.15, -0.1) is 0 Å². The van der Waals surface area contributed by atoms with Crippen LogP contribution in [0.5, 0.6) is 0 Å². The van der Waals surface area contributed by atoms with Crippen molar-refractivity contribution in [1.82, 2.24) is 9.38 Å². The number of carboxylic acid groups (broad SMARTS) is 1. The monoisotopic (exact) mass is 220 g/mol. The van der Waals surface area contributed by atoms with Crippen LogP contribution in [-0.4, -0.2) is 33.5 Å². The number of esters is 1. The molecule has 1 N–H and O–H groups in total. The second-order valence-corrected chi connectivity index (χ2v) is 3.10. The minimum atomic E-state index is -1.13. The molecule has 0 aliphatic rings. The molecule has 0 saturated carbocycles. The van der Waals surface area contributed by atoms with Crippen molar-refractivity contribution in [3.63, 3.8) is 0 Å². The molecule has 0 atom stereocenters. The molecule has 0 unspecified atom stereocenters. The fraction of sp³-hybridized carbons (Fsp3) is 0.100. The Morgan fingerprint density at radius 2 is 2.25 bits per heavy atom. The smallest absolute Gasteiger partial charge is 0.356 e. The molecule has 0 aliphatic carbocycles. The summed E-state index contributed by atoms with van der Waals surface area (Å²) in [5.74, 6) is -1.65. The van der Waals surface area contributed by atoms with Crippen LogP contribution >= 0.6 is 0 Å². The van der Waals surface area contributed by atoms with Crippen molar-refractivity contribution in [3.05, 3.63) is 35.9 Å². The summed E-state index contributed by atoms with van der Waals surface area (Å²) >= 11 is 0. The Hall–Kier alpha value is -2.37. The van der Waals surface area contributed by atoms with Crippen LogP contribution < -0.4 is 0 Å². The van der Waals surface area contributed by atoms with Crippen molar-refractivity contribution >= 4 is 17.5 Å². The van der Waals surface area contributed by atoms with Crippen LogP contribution in [-0.2, 0) is 4.74 Å². The van der Waals surface area contributed by atoms with E-state index in [2.05, 4.69) is 9.72 Å². The maximum Gasteiger partial charge on any atom is 0.356 e. The van der Waals surface area contributed by atoms with Gasteiger partial charge in [-0.3, -0.25) is 0 Å². The number of nitrogens with zero attached hydrogens (tertiary/aromatic N) is 2. The van der Waals surface area contributed by atoms with Gasteiger partial charge in [0.25, 0.3) is 0 Å². The summed E-state index contributed by atoms with van der Waals surface area (Å²) in [6.45, 7) is 0. The SMILES string of the molecule is COC(=O)c1ccn2cnc(C(=O)O)c2c1. The Morgan fingerprint density at radius 1 is 1.50 bits per heavy atom. The first-order valence-electron chi connectivity index (χ1n) is 4.42. The predicted octanol–water partition coefficient (Wildman–Crippen LogP) is 0.819. The average Bonchev–Trinajstić information content (AvgIpc) is 2.70. The molecule has 2 rings (SSSR count). The van der Waals surface area contributed by atoms with Crippen LogP contribution in [0, 0.1) is 0 Å². The van der Waals surface area contributed by atoms with E-state index in [1.54, 1.807) is 6.20 Å². The van der Waals surface area contributed by atoms with Crippen molar-refractivity contribution in [2.75, 3.05) is 7.11 Å². The third-order valence-corrected chi connectivity index (χ3v) is 2.16. The molecule has 6 nitrogen and oxygen atoms in total. The largest absolute Gasteiger partial charge is 0.476 e. The maximum atomic E-state index is 11.3. The van der Waals surface area contributed by atoms with Gasteiger partial charge in [-0.05, 0) is 12.1 Å². The van der Waals surface area contributed by atoms with Crippen molar-refractivity contribution in [1.29, 1.82) is 0 Å². The standard InChI is InChI=1S/C10H8N2O4/c1-16-10(15)6-2-3-12-5-11-8(9(13)14)7(12)4-6/h2-5H,1H3,(H,13,14). The first-order chi connectivity index (χ1) is 7.63. The summed E-state index contributed by atoms with van der Waals surface area (Å²) in [6, 6.07) is 2.97. The van der Waals surface area contributed by atoms with Gasteiger partial charge in [-0.25, -0.2) is 14.6 Å². The number of carbonyl (C=O) groups excluding carboxylic acids is 1. The minimum Gasteiger partial charge on any atom is -0.476 e. The molecule has 6 heteroatoms. The quantitative estimate of drug-likeness (QED) is 0.757. The number of carboxylic acids is 1. The van der Waals surface area contributed by atoms with Gasteiger partial charge < -0.3 is 14.2 Å². The predicted molar refractivity (Wildman–Crippen MR) is 53.5 cm³/mol. The number of imidazole rings is 1. The first-order valence-corrected chi connectivity index (χ1v) is 4.42. The van der Waals surface area contributed by atoms with Crippen molar-refractivity contribution in [2.45, 2.75) is 0 Å². The summed E-state index contributed by atoms with van der Waals surface area (Å²) in [5.41, 5.74) is 0.555. The molecule has 0 amide bonds. The van der Waals surface area contributed by atoms with E-state index in [0.717, 1.165) is 0 Å². The van der Waals surface area contributed by atoms with Gasteiger partial charge >= 0.3 is 11.9 Å². The highest BCUT2D eigenvalue weighted by Crippen LogP contribution is 2.12. The molecular formula is C10H8N2O4. The number of fused-ring (bicyclic) bond motifs is 1. The number of aromatic nitrogens is 2. The van der Waals surface area contributed by atoms with E-state index in [1.165, 1.54) is 30.0 Å². The molecule has 0 saturated heterocycles. The Morgan fingerprint density at radius 3 is 2.88 bits per heavy atom. The van der Waals surface area contributed by atoms with Crippen LogP contribution in [0.2, 0.25) is 0 Å². The molecule has 2 aromatic heterocycles. The minimum absolute atomic E-state index is 0.0919. The Bertz CT molecular complexity index is 573. The normalized spacial score (nSPS) is 10.3. The van der Waals surface area contributed by atoms with Gasteiger partial charge in [0.1, 0.15) is 6.33 Å². The van der Waals surface area contributed by atoms with E-state index in [0.29, 0.717) is 5.52 Å². The second-order valence-electron chi connectivity index (χ2n) is 3.10. The third-order valence-electron chi connectivity index (χ3n) is 2.16. The van der Waals surface area contributed by atoms with Gasteiger partial charge in [0.2, 0.25) is 0 Å². The fourth-order valence-corrected chi connectivity index (χ4v) is 1.40. The van der Waals surface area contributed by atoms with E-state index in [4.69, 9.17) is 5.11 Å². The van der Waals surface area contributed by atoms with Gasteiger partial charge in [0.05, 0.1) is 18.2 Å². The van der Waals surface area contributed by atoms with Crippen molar-refractivity contribution in [2.24, 2.45) is 0 Å². The zero-order valence-corrected chi connectivity index (χ0v) is 8.38. The molecule has 2 aromatic rings. The Kier molecular flexibility index (Phi) is 2.32. The lowest BCUT2D eigenvalue weighted by molar-refractivity contribution is 0.0599. The van der Waals surface area contributed by atoms with Gasteiger partial charge in [0, 0.05) is 6.20 Å². The number of methoxy groups -OCH3 is 1. The van der Waals surface area contributed by atoms with Gasteiger partial charge in [-0.1, -0.05) is 0 Å². The van der Waals surface area contributed by atoms with E-state index in [9.17, 15) is 9.59 Å². The molecule has 16 heavy (non-hydrogen) atoms. The maximum absolute atomic E-state index is 11.3. The molecule has 0 radical (unpaired) electrons. The number of aromatic carboxylic acids is 1. The summed E-state index contributed by atoms with van der Waals surface area (Å²) in [5, 5.41) is 8.87. The number of pyridine rings is 1. The summed E-state index contributed by atoms with van der Waals surface area (Å²) < 4.78 is 6.07. The highest BCUT2D eigenvalue weighted by molar-refractivity contribution is 5.96. The summed E-state index contributed by atoms with van der Waals surface area (Å²) in [6.07, 6.45) is 2.93. The zero-order chi connectivity index (χ0) is 11.7. The van der Waals surface area contributed by atoms with Crippen LogP contribution in [0.3, 0.4) is 0 Å². The number of ether oxygens (including phenoxy) is 1. The topological polar surface area (TPSA) is 80.9 Å². The zero-order valence-electron chi connectivity index (χ0n) is 8.38. The fourth-order valence-electron chi connectivity index (χ4n) is 1.40. The summed E-state index contributed by atoms with van der Waals surface area (Å²) in [4.78, 5) is 25.8. The second kappa shape index (κ2) is 3.65. The molecular weight excluding hydrogens is 212 g/mol. The van der Waals surface area contributed by atoms with Crippen molar-refractivity contribution < 1.29 is 19.4 Å². The Labute approximate surface area is 90.1 Å². The Balaban J connectivity index is 2.63. The van der Waals surface area contributed by atoms with Crippen LogP contribution in [0.15, 0.2) is 24.7 Å². The van der Waals surface area contributed by atoms with E-state index in [1.807, 2.05) is 0 Å². The molecule has 2 heterocycles. The number of hydrogen-bond donors (Lipinski definition) is 1. The molecule has 0 bridgehead atoms. The van der Waals surface area contributed by atoms with Crippen LogP contribution in [0.1, 0.15) is 20.8 Å². The number of carbonyl (C=O) groups is 2. The van der Waals surface area contributed by atoms with Gasteiger partial charge in [-0.2, -0.15) is 0 Å². The van der Waals surface area contributed by atoms with E-state index < -0.39 is 11.9 Å². The molecule has 0 aliphatic heterocycles. The van der Waals surface area contributed by atoms with Crippen LogP contribution in [0.4, 0.5) is 0 Å². The van der Waals surface area contributed by atoms with Crippen molar-refractivity contribution in [3.8, 4) is 0 Å². The highest BCUT2D eigenvalue weighted by Gasteiger charge is 2.14. The first kappa shape index (κ1) is 10.2. The molecule has 0 fully saturated rings. The lowest BCUT2D eigenvalue weighted by Crippen LogP contribution is -2.03. The van der Waals surface area contributed by atoms with E-state index >= 15 is 0 Å². The van der Waals surface area contributed by atoms with Gasteiger partial charge in [0.15, 0.2) is 5.69 Å². The third kappa shape index (κ3) is 1.50. The lowest BCUT2D eigenvalue weighted by atomic mass is 10.2.